The summed E-state index contributed by atoms with van der Waals surface area (Å²) < 4.78 is 5.75. The molecule has 4 nitrogen and oxygen atoms in total. The second-order valence-electron chi connectivity index (χ2n) is 5.76. The van der Waals surface area contributed by atoms with Gasteiger partial charge in [0.2, 0.25) is 0 Å². The number of oxime groups is 1. The van der Waals surface area contributed by atoms with Crippen molar-refractivity contribution in [2.24, 2.45) is 5.16 Å². The first-order valence-electron chi connectivity index (χ1n) is 8.35. The SMILES string of the molecule is N#Cc1ccccc1CO/N=C\c1ccc(OCc2ccc(Cl)cc2)cc1. The highest BCUT2D eigenvalue weighted by Crippen LogP contribution is 2.15. The molecule has 0 amide bonds. The maximum atomic E-state index is 9.05. The third-order valence-electron chi connectivity index (χ3n) is 3.83. The van der Waals surface area contributed by atoms with E-state index in [9.17, 15) is 0 Å². The Bertz CT molecular complexity index is 945. The van der Waals surface area contributed by atoms with Crippen molar-refractivity contribution in [2.75, 3.05) is 0 Å². The van der Waals surface area contributed by atoms with E-state index in [2.05, 4.69) is 11.2 Å². The van der Waals surface area contributed by atoms with Crippen molar-refractivity contribution in [3.8, 4) is 11.8 Å². The van der Waals surface area contributed by atoms with Crippen LogP contribution in [0.15, 0.2) is 78.0 Å². The highest BCUT2D eigenvalue weighted by atomic mass is 35.5. The number of halogens is 1. The van der Waals surface area contributed by atoms with Gasteiger partial charge in [-0.2, -0.15) is 5.26 Å². The van der Waals surface area contributed by atoms with Crippen molar-refractivity contribution in [3.05, 3.63) is 100 Å². The van der Waals surface area contributed by atoms with E-state index in [4.69, 9.17) is 26.4 Å². The number of benzene rings is 3. The second kappa shape index (κ2) is 9.42. The number of ether oxygens (including phenoxy) is 1. The molecular formula is C22H17ClN2O2. The van der Waals surface area contributed by atoms with E-state index in [1.807, 2.05) is 66.7 Å². The summed E-state index contributed by atoms with van der Waals surface area (Å²) in [6.45, 7) is 0.731. The highest BCUT2D eigenvalue weighted by molar-refractivity contribution is 6.30. The summed E-state index contributed by atoms with van der Waals surface area (Å²) in [5.74, 6) is 0.769. The third kappa shape index (κ3) is 5.60. The van der Waals surface area contributed by atoms with E-state index in [1.54, 1.807) is 12.3 Å². The summed E-state index contributed by atoms with van der Waals surface area (Å²) in [4.78, 5) is 5.29. The number of hydrogen-bond donors (Lipinski definition) is 0. The average molecular weight is 377 g/mol. The van der Waals surface area contributed by atoms with Gasteiger partial charge in [0.15, 0.2) is 0 Å². The molecule has 3 aromatic rings. The van der Waals surface area contributed by atoms with Crippen LogP contribution in [0.1, 0.15) is 22.3 Å². The van der Waals surface area contributed by atoms with Crippen LogP contribution in [0.4, 0.5) is 0 Å². The molecule has 3 aromatic carbocycles. The minimum absolute atomic E-state index is 0.253. The van der Waals surface area contributed by atoms with Gasteiger partial charge >= 0.3 is 0 Å². The van der Waals surface area contributed by atoms with E-state index in [-0.39, 0.29) is 6.61 Å². The first-order valence-corrected chi connectivity index (χ1v) is 8.73. The molecule has 0 radical (unpaired) electrons. The lowest BCUT2D eigenvalue weighted by molar-refractivity contribution is 0.132. The van der Waals surface area contributed by atoms with Crippen LogP contribution in [0.5, 0.6) is 5.75 Å². The molecule has 0 bridgehead atoms. The molecule has 0 N–H and O–H groups in total. The Morgan fingerprint density at radius 3 is 2.41 bits per heavy atom. The van der Waals surface area contributed by atoms with E-state index in [1.165, 1.54) is 0 Å². The van der Waals surface area contributed by atoms with E-state index in [0.29, 0.717) is 17.2 Å². The largest absolute Gasteiger partial charge is 0.489 e. The van der Waals surface area contributed by atoms with Crippen molar-refractivity contribution < 1.29 is 9.57 Å². The first kappa shape index (κ1) is 18.5. The molecule has 0 heterocycles. The van der Waals surface area contributed by atoms with Crippen LogP contribution < -0.4 is 4.74 Å². The Kier molecular flexibility index (Phi) is 6.45. The van der Waals surface area contributed by atoms with Gasteiger partial charge in [0, 0.05) is 10.6 Å². The van der Waals surface area contributed by atoms with Gasteiger partial charge in [-0.25, -0.2) is 0 Å². The molecular weight excluding hydrogens is 360 g/mol. The van der Waals surface area contributed by atoms with E-state index < -0.39 is 0 Å². The van der Waals surface area contributed by atoms with E-state index in [0.717, 1.165) is 22.4 Å². The predicted octanol–water partition coefficient (Wildman–Crippen LogP) is 5.34. The lowest BCUT2D eigenvalue weighted by Gasteiger charge is -2.06. The van der Waals surface area contributed by atoms with Crippen LogP contribution in [0, 0.1) is 11.3 Å². The van der Waals surface area contributed by atoms with Gasteiger partial charge in [-0.05, 0) is 53.6 Å². The normalized spacial score (nSPS) is 10.5. The zero-order valence-corrected chi connectivity index (χ0v) is 15.3. The molecule has 0 saturated carbocycles. The minimum Gasteiger partial charge on any atom is -0.489 e. The van der Waals surface area contributed by atoms with Gasteiger partial charge < -0.3 is 9.57 Å². The fourth-order valence-corrected chi connectivity index (χ4v) is 2.48. The van der Waals surface area contributed by atoms with Crippen LogP contribution >= 0.6 is 11.6 Å². The summed E-state index contributed by atoms with van der Waals surface area (Å²) in [6.07, 6.45) is 1.62. The molecule has 5 heteroatoms. The van der Waals surface area contributed by atoms with Crippen molar-refractivity contribution in [1.82, 2.24) is 0 Å². The monoisotopic (exact) mass is 376 g/mol. The van der Waals surface area contributed by atoms with Crippen LogP contribution in [-0.2, 0) is 18.1 Å². The molecule has 0 unspecified atom stereocenters. The topological polar surface area (TPSA) is 54.6 Å². The Balaban J connectivity index is 1.49. The maximum Gasteiger partial charge on any atom is 0.143 e. The predicted molar refractivity (Wildman–Crippen MR) is 106 cm³/mol. The standard InChI is InChI=1S/C22H17ClN2O2/c23-21-9-5-18(6-10-21)15-26-22-11-7-17(8-12-22)14-25-27-16-20-4-2-1-3-19(20)13-24/h1-12,14H,15-16H2/b25-14-. The van der Waals surface area contributed by atoms with E-state index >= 15 is 0 Å². The molecule has 0 atom stereocenters. The number of nitriles is 1. The highest BCUT2D eigenvalue weighted by Gasteiger charge is 2.00. The Labute approximate surface area is 163 Å². The molecule has 0 saturated heterocycles. The van der Waals surface area contributed by atoms with Gasteiger partial charge in [0.05, 0.1) is 17.8 Å². The van der Waals surface area contributed by atoms with Crippen molar-refractivity contribution >= 4 is 17.8 Å². The Morgan fingerprint density at radius 2 is 1.67 bits per heavy atom. The number of nitrogens with zero attached hydrogens (tertiary/aromatic N) is 2. The fourth-order valence-electron chi connectivity index (χ4n) is 2.36. The van der Waals surface area contributed by atoms with Crippen molar-refractivity contribution in [2.45, 2.75) is 13.2 Å². The lowest BCUT2D eigenvalue weighted by atomic mass is 10.1. The Morgan fingerprint density at radius 1 is 0.926 bits per heavy atom. The van der Waals surface area contributed by atoms with Gasteiger partial charge in [-0.1, -0.05) is 47.1 Å². The molecule has 0 spiro atoms. The molecule has 0 aliphatic carbocycles. The summed E-state index contributed by atoms with van der Waals surface area (Å²) in [7, 11) is 0. The zero-order chi connectivity index (χ0) is 18.9. The lowest BCUT2D eigenvalue weighted by Crippen LogP contribution is -1.95. The van der Waals surface area contributed by atoms with Gasteiger partial charge in [0.1, 0.15) is 19.0 Å². The summed E-state index contributed by atoms with van der Waals surface area (Å²) in [5, 5.41) is 13.7. The molecule has 134 valence electrons. The molecule has 0 fully saturated rings. The van der Waals surface area contributed by atoms with Crippen LogP contribution in [0.3, 0.4) is 0 Å². The number of rotatable bonds is 7. The molecule has 0 aliphatic heterocycles. The Hall–Kier alpha value is -3.29. The summed E-state index contributed by atoms with van der Waals surface area (Å²) >= 11 is 5.87. The summed E-state index contributed by atoms with van der Waals surface area (Å²) in [5.41, 5.74) is 3.34. The van der Waals surface area contributed by atoms with Crippen LogP contribution in [-0.4, -0.2) is 6.21 Å². The zero-order valence-electron chi connectivity index (χ0n) is 14.5. The fraction of sp³-hybridized carbons (Fsp3) is 0.0909. The quantitative estimate of drug-likeness (QED) is 0.413. The molecule has 27 heavy (non-hydrogen) atoms. The van der Waals surface area contributed by atoms with Crippen molar-refractivity contribution in [3.63, 3.8) is 0 Å². The average Bonchev–Trinajstić information content (AvgIpc) is 2.72. The van der Waals surface area contributed by atoms with Crippen LogP contribution in [0.2, 0.25) is 5.02 Å². The third-order valence-corrected chi connectivity index (χ3v) is 4.09. The first-order chi connectivity index (χ1) is 13.2. The van der Waals surface area contributed by atoms with Gasteiger partial charge in [-0.3, -0.25) is 0 Å². The number of hydrogen-bond acceptors (Lipinski definition) is 4. The van der Waals surface area contributed by atoms with Crippen molar-refractivity contribution in [1.29, 1.82) is 5.26 Å². The van der Waals surface area contributed by atoms with Crippen LogP contribution in [0.25, 0.3) is 0 Å². The molecule has 0 aliphatic rings. The minimum atomic E-state index is 0.253. The summed E-state index contributed by atoms with van der Waals surface area (Å²) in [6, 6.07) is 24.5. The van der Waals surface area contributed by atoms with Gasteiger partial charge in [0.25, 0.3) is 0 Å². The second-order valence-corrected chi connectivity index (χ2v) is 6.20. The molecule has 0 aromatic heterocycles. The maximum absolute atomic E-state index is 9.05. The molecule has 3 rings (SSSR count). The smallest absolute Gasteiger partial charge is 0.143 e. The van der Waals surface area contributed by atoms with Gasteiger partial charge in [-0.15, -0.1) is 0 Å².